The van der Waals surface area contributed by atoms with E-state index < -0.39 is 14.4 Å². The van der Waals surface area contributed by atoms with E-state index in [0.717, 1.165) is 25.9 Å². The first-order valence-electron chi connectivity index (χ1n) is 12.8. The van der Waals surface area contributed by atoms with Crippen molar-refractivity contribution in [1.82, 2.24) is 0 Å². The molecule has 0 aliphatic rings. The van der Waals surface area contributed by atoms with E-state index in [9.17, 15) is 4.79 Å². The van der Waals surface area contributed by atoms with Gasteiger partial charge in [0.1, 0.15) is 6.10 Å². The molecule has 0 heterocycles. The molecule has 2 radical (unpaired) electrons. The monoisotopic (exact) mass is 480 g/mol. The number of unbranched alkanes of at least 4 members (excludes halogenated alkanes) is 4. The highest BCUT2D eigenvalue weighted by Crippen LogP contribution is 2.36. The zero-order chi connectivity index (χ0) is 25.0. The Hall–Kier alpha value is -1.91. The predicted octanol–water partition coefficient (Wildman–Crippen LogP) is 6.51. The van der Waals surface area contributed by atoms with Crippen LogP contribution in [0.1, 0.15) is 72.6 Å². The second-order valence-corrected chi connectivity index (χ2v) is 14.8. The number of hydrogen-bond acceptors (Lipinski definition) is 3. The topological polar surface area (TPSA) is 35.5 Å². The maximum Gasteiger partial charge on any atom is 0.306 e. The van der Waals surface area contributed by atoms with Gasteiger partial charge in [-0.25, -0.2) is 0 Å². The molecule has 2 rings (SSSR count). The lowest BCUT2D eigenvalue weighted by atomic mass is 9.99. The predicted molar refractivity (Wildman–Crippen MR) is 146 cm³/mol. The van der Waals surface area contributed by atoms with Crippen molar-refractivity contribution in [2.24, 2.45) is 5.92 Å². The van der Waals surface area contributed by atoms with Crippen molar-refractivity contribution < 1.29 is 14.0 Å². The van der Waals surface area contributed by atoms with Crippen LogP contribution < -0.4 is 10.4 Å². The first kappa shape index (κ1) is 28.3. The smallest absolute Gasteiger partial charge is 0.306 e. The average Bonchev–Trinajstić information content (AvgIpc) is 2.78. The fraction of sp³-hybridized carbons (Fsp3) is 0.500. The van der Waals surface area contributed by atoms with Crippen molar-refractivity contribution in [3.05, 3.63) is 74.5 Å². The number of hydrogen-bond donors (Lipinski definition) is 0. The summed E-state index contributed by atoms with van der Waals surface area (Å²) >= 11 is 0. The molecule has 0 spiro atoms. The third-order valence-electron chi connectivity index (χ3n) is 6.39. The molecule has 1 unspecified atom stereocenters. The minimum atomic E-state index is -2.42. The summed E-state index contributed by atoms with van der Waals surface area (Å²) in [5, 5.41) is 2.70. The van der Waals surface area contributed by atoms with Gasteiger partial charge in [0.2, 0.25) is 0 Å². The molecule has 0 aliphatic carbocycles. The summed E-state index contributed by atoms with van der Waals surface area (Å²) in [6.45, 7) is 17.1. The molecule has 4 heteroatoms. The second-order valence-electron chi connectivity index (χ2n) is 10.5. The van der Waals surface area contributed by atoms with Gasteiger partial charge in [-0.1, -0.05) is 120 Å². The van der Waals surface area contributed by atoms with E-state index in [4.69, 9.17) is 9.16 Å². The minimum absolute atomic E-state index is 0.0225. The molecule has 0 fully saturated rings. The lowest BCUT2D eigenvalue weighted by Crippen LogP contribution is -2.66. The SMILES string of the molecule is [CH2]C([CH2])OC(=O)CC(C)CCCCCCCO[Si](c1ccccc1)(c1ccccc1)C(C)(C)C. The maximum atomic E-state index is 11.7. The van der Waals surface area contributed by atoms with Crippen LogP contribution in [-0.2, 0) is 14.0 Å². The summed E-state index contributed by atoms with van der Waals surface area (Å²) < 4.78 is 12.0. The van der Waals surface area contributed by atoms with Crippen LogP contribution in [0.4, 0.5) is 0 Å². The fourth-order valence-corrected chi connectivity index (χ4v) is 9.34. The Balaban J connectivity index is 1.85. The lowest BCUT2D eigenvalue weighted by molar-refractivity contribution is -0.146. The molecular weight excluding hydrogens is 436 g/mol. The van der Waals surface area contributed by atoms with Crippen LogP contribution in [0.5, 0.6) is 0 Å². The average molecular weight is 481 g/mol. The molecule has 0 amide bonds. The van der Waals surface area contributed by atoms with Gasteiger partial charge in [-0.3, -0.25) is 4.79 Å². The van der Waals surface area contributed by atoms with Crippen LogP contribution in [0, 0.1) is 19.8 Å². The summed E-state index contributed by atoms with van der Waals surface area (Å²) in [4.78, 5) is 11.7. The van der Waals surface area contributed by atoms with E-state index in [1.54, 1.807) is 0 Å². The molecular formula is C30H44O3Si. The van der Waals surface area contributed by atoms with E-state index in [2.05, 4.69) is 102 Å². The summed E-state index contributed by atoms with van der Waals surface area (Å²) in [7, 11) is -2.42. The van der Waals surface area contributed by atoms with Crippen LogP contribution in [-0.4, -0.2) is 27.0 Å². The van der Waals surface area contributed by atoms with Gasteiger partial charge in [-0.05, 0) is 41.6 Å². The first-order valence-corrected chi connectivity index (χ1v) is 14.7. The third-order valence-corrected chi connectivity index (χ3v) is 11.4. The summed E-state index contributed by atoms with van der Waals surface area (Å²) in [6, 6.07) is 21.7. The third kappa shape index (κ3) is 8.39. The van der Waals surface area contributed by atoms with Crippen molar-refractivity contribution in [2.45, 2.75) is 83.8 Å². The Morgan fingerprint density at radius 3 is 1.85 bits per heavy atom. The van der Waals surface area contributed by atoms with E-state index in [1.807, 2.05) is 0 Å². The molecule has 2 aromatic carbocycles. The fourth-order valence-electron chi connectivity index (χ4n) is 4.73. The Bertz CT molecular complexity index is 788. The van der Waals surface area contributed by atoms with Crippen molar-refractivity contribution in [2.75, 3.05) is 6.61 Å². The zero-order valence-corrected chi connectivity index (χ0v) is 22.7. The number of rotatable bonds is 14. The van der Waals surface area contributed by atoms with Gasteiger partial charge in [-0.2, -0.15) is 0 Å². The van der Waals surface area contributed by atoms with Gasteiger partial charge < -0.3 is 9.16 Å². The zero-order valence-electron chi connectivity index (χ0n) is 21.7. The standard InChI is InChI=1S/C30H44O3Si/c1-25(2)33-29(31)24-26(3)18-12-8-7-9-17-23-32-34(30(4,5)6,27-19-13-10-14-20-27)28-21-15-11-16-22-28/h10-11,13-16,19-22,25-26H,1-2,7-9,12,17-18,23-24H2,3-6H3. The van der Waals surface area contributed by atoms with E-state index in [0.29, 0.717) is 12.3 Å². The van der Waals surface area contributed by atoms with Gasteiger partial charge in [0, 0.05) is 13.0 Å². The van der Waals surface area contributed by atoms with E-state index in [-0.39, 0.29) is 11.0 Å². The molecule has 3 nitrogen and oxygen atoms in total. The Morgan fingerprint density at radius 1 is 0.853 bits per heavy atom. The Morgan fingerprint density at radius 2 is 1.35 bits per heavy atom. The van der Waals surface area contributed by atoms with Crippen molar-refractivity contribution in [3.63, 3.8) is 0 Å². The number of carbonyl (C=O) groups excluding carboxylic acids is 1. The van der Waals surface area contributed by atoms with Crippen molar-refractivity contribution in [1.29, 1.82) is 0 Å². The molecule has 0 aromatic heterocycles. The molecule has 34 heavy (non-hydrogen) atoms. The highest BCUT2D eigenvalue weighted by Gasteiger charge is 2.49. The quantitative estimate of drug-likeness (QED) is 0.176. The van der Waals surface area contributed by atoms with Crippen LogP contribution in [0.2, 0.25) is 5.04 Å². The molecule has 0 N–H and O–H groups in total. The minimum Gasteiger partial charge on any atom is -0.462 e. The lowest BCUT2D eigenvalue weighted by Gasteiger charge is -2.43. The Kier molecular flexibility index (Phi) is 11.5. The van der Waals surface area contributed by atoms with Gasteiger partial charge in [0.25, 0.3) is 8.32 Å². The number of carbonyl (C=O) groups is 1. The van der Waals surface area contributed by atoms with E-state index >= 15 is 0 Å². The van der Waals surface area contributed by atoms with E-state index in [1.165, 1.54) is 29.6 Å². The summed E-state index contributed by atoms with van der Waals surface area (Å²) in [5.74, 6) is 0.146. The molecule has 0 bridgehead atoms. The Labute approximate surface area is 209 Å². The van der Waals surface area contributed by atoms with Crippen LogP contribution in [0.3, 0.4) is 0 Å². The largest absolute Gasteiger partial charge is 0.462 e. The van der Waals surface area contributed by atoms with Crippen LogP contribution in [0.15, 0.2) is 60.7 Å². The maximum absolute atomic E-state index is 11.7. The van der Waals surface area contributed by atoms with Crippen molar-refractivity contribution in [3.8, 4) is 0 Å². The van der Waals surface area contributed by atoms with Gasteiger partial charge >= 0.3 is 5.97 Å². The molecule has 2 aromatic rings. The number of esters is 1. The molecule has 1 atom stereocenters. The summed E-state index contributed by atoms with van der Waals surface area (Å²) in [6.07, 6.45) is 6.74. The number of ether oxygens (including phenoxy) is 1. The second kappa shape index (κ2) is 13.8. The van der Waals surface area contributed by atoms with Crippen LogP contribution in [0.25, 0.3) is 0 Å². The molecule has 0 saturated carbocycles. The number of benzene rings is 2. The van der Waals surface area contributed by atoms with Gasteiger partial charge in [0.15, 0.2) is 0 Å². The van der Waals surface area contributed by atoms with Gasteiger partial charge in [-0.15, -0.1) is 0 Å². The molecule has 0 saturated heterocycles. The van der Waals surface area contributed by atoms with Crippen molar-refractivity contribution >= 4 is 24.7 Å². The molecule has 0 aliphatic heterocycles. The highest BCUT2D eigenvalue weighted by atomic mass is 28.4. The van der Waals surface area contributed by atoms with Gasteiger partial charge in [0.05, 0.1) is 0 Å². The first-order chi connectivity index (χ1) is 16.2. The summed E-state index contributed by atoms with van der Waals surface area (Å²) in [5.41, 5.74) is 0. The highest BCUT2D eigenvalue weighted by molar-refractivity contribution is 6.99. The normalized spacial score (nSPS) is 13.1. The van der Waals surface area contributed by atoms with Crippen LogP contribution >= 0.6 is 0 Å². The molecule has 186 valence electrons.